The number of pyridine rings is 1. The van der Waals surface area contributed by atoms with Gasteiger partial charge in [-0.15, -0.1) is 0 Å². The Kier molecular flexibility index (Phi) is 2.38. The first kappa shape index (κ1) is 11.8. The highest BCUT2D eigenvalue weighted by atomic mass is 16.7. The number of imidazole rings is 1. The van der Waals surface area contributed by atoms with Gasteiger partial charge in [0.15, 0.2) is 17.2 Å². The molecular formula is C15H10N2O4. The molecule has 3 heterocycles. The summed E-state index contributed by atoms with van der Waals surface area (Å²) >= 11 is 0. The van der Waals surface area contributed by atoms with Crippen LogP contribution in [0.1, 0.15) is 10.5 Å². The molecule has 6 heteroatoms. The van der Waals surface area contributed by atoms with Crippen molar-refractivity contribution in [1.82, 2.24) is 9.38 Å². The smallest absolute Gasteiger partial charge is 0.356 e. The molecular weight excluding hydrogens is 272 g/mol. The van der Waals surface area contributed by atoms with Crippen molar-refractivity contribution in [3.63, 3.8) is 0 Å². The lowest BCUT2D eigenvalue weighted by Gasteiger charge is -2.04. The number of carbonyl (C=O) groups is 1. The van der Waals surface area contributed by atoms with Crippen LogP contribution in [0.15, 0.2) is 42.7 Å². The normalized spacial score (nSPS) is 12.8. The number of carboxylic acid groups (broad SMARTS) is 1. The van der Waals surface area contributed by atoms with Crippen LogP contribution in [0.4, 0.5) is 0 Å². The van der Waals surface area contributed by atoms with Crippen LogP contribution in [0.5, 0.6) is 11.5 Å². The third-order valence-corrected chi connectivity index (χ3v) is 3.38. The van der Waals surface area contributed by atoms with Crippen LogP contribution in [-0.4, -0.2) is 27.3 Å². The van der Waals surface area contributed by atoms with Crippen molar-refractivity contribution in [3.8, 4) is 22.6 Å². The molecule has 0 fully saturated rings. The van der Waals surface area contributed by atoms with Crippen LogP contribution in [0.3, 0.4) is 0 Å². The molecule has 0 saturated carbocycles. The second-order valence-electron chi connectivity index (χ2n) is 4.68. The monoisotopic (exact) mass is 282 g/mol. The molecule has 104 valence electrons. The minimum absolute atomic E-state index is 0.0258. The predicted molar refractivity (Wildman–Crippen MR) is 73.7 cm³/mol. The van der Waals surface area contributed by atoms with Crippen molar-refractivity contribution in [2.45, 2.75) is 0 Å². The van der Waals surface area contributed by atoms with Crippen LogP contribution >= 0.6 is 0 Å². The Morgan fingerprint density at radius 1 is 1.10 bits per heavy atom. The maximum Gasteiger partial charge on any atom is 0.356 e. The summed E-state index contributed by atoms with van der Waals surface area (Å²) in [6.07, 6.45) is 3.33. The van der Waals surface area contributed by atoms with Gasteiger partial charge in [0, 0.05) is 12.4 Å². The zero-order valence-electron chi connectivity index (χ0n) is 10.8. The largest absolute Gasteiger partial charge is 0.476 e. The molecule has 21 heavy (non-hydrogen) atoms. The molecule has 1 N–H and O–H groups in total. The number of fused-ring (bicyclic) bond motifs is 2. The molecule has 0 radical (unpaired) electrons. The van der Waals surface area contributed by atoms with Gasteiger partial charge < -0.3 is 19.0 Å². The number of aromatic carboxylic acids is 1. The highest BCUT2D eigenvalue weighted by Gasteiger charge is 2.14. The number of aromatic nitrogens is 2. The van der Waals surface area contributed by atoms with Crippen molar-refractivity contribution in [1.29, 1.82) is 0 Å². The third kappa shape index (κ3) is 1.88. The van der Waals surface area contributed by atoms with E-state index in [1.807, 2.05) is 30.5 Å². The fourth-order valence-electron chi connectivity index (χ4n) is 2.34. The van der Waals surface area contributed by atoms with Crippen LogP contribution in [0.2, 0.25) is 0 Å². The summed E-state index contributed by atoms with van der Waals surface area (Å²) < 4.78 is 12.3. The van der Waals surface area contributed by atoms with Crippen molar-refractivity contribution in [2.75, 3.05) is 6.79 Å². The summed E-state index contributed by atoms with van der Waals surface area (Å²) in [7, 11) is 0. The number of hydrogen-bond acceptors (Lipinski definition) is 4. The van der Waals surface area contributed by atoms with E-state index in [1.165, 1.54) is 6.20 Å². The second kappa shape index (κ2) is 4.24. The molecule has 1 aliphatic heterocycles. The standard InChI is InChI=1S/C15H10N2O4/c18-15(19)11-7-17-6-10(2-4-14(17)16-11)9-1-3-12-13(5-9)21-8-20-12/h1-7H,8H2,(H,18,19). The Morgan fingerprint density at radius 3 is 2.76 bits per heavy atom. The topological polar surface area (TPSA) is 73.1 Å². The van der Waals surface area contributed by atoms with E-state index in [2.05, 4.69) is 4.98 Å². The lowest BCUT2D eigenvalue weighted by atomic mass is 10.1. The summed E-state index contributed by atoms with van der Waals surface area (Å²) in [5, 5.41) is 8.97. The van der Waals surface area contributed by atoms with Gasteiger partial charge in [-0.3, -0.25) is 0 Å². The van der Waals surface area contributed by atoms with Gasteiger partial charge in [0.05, 0.1) is 0 Å². The van der Waals surface area contributed by atoms with Crippen molar-refractivity contribution in [2.24, 2.45) is 0 Å². The zero-order chi connectivity index (χ0) is 14.4. The molecule has 0 amide bonds. The maximum absolute atomic E-state index is 10.9. The fraction of sp³-hybridized carbons (Fsp3) is 0.0667. The van der Waals surface area contributed by atoms with E-state index in [4.69, 9.17) is 14.6 Å². The molecule has 0 saturated heterocycles. The number of benzene rings is 1. The molecule has 0 spiro atoms. The summed E-state index contributed by atoms with van der Waals surface area (Å²) in [6, 6.07) is 9.37. The Balaban J connectivity index is 1.81. The molecule has 4 rings (SSSR count). The Morgan fingerprint density at radius 2 is 1.90 bits per heavy atom. The lowest BCUT2D eigenvalue weighted by molar-refractivity contribution is 0.0691. The van der Waals surface area contributed by atoms with Gasteiger partial charge in [0.2, 0.25) is 6.79 Å². The molecule has 0 atom stereocenters. The van der Waals surface area contributed by atoms with Crippen LogP contribution in [0, 0.1) is 0 Å². The first-order valence-electron chi connectivity index (χ1n) is 6.33. The molecule has 0 aliphatic carbocycles. The first-order chi connectivity index (χ1) is 10.2. The van der Waals surface area contributed by atoms with E-state index in [9.17, 15) is 4.79 Å². The molecule has 3 aromatic rings. The molecule has 6 nitrogen and oxygen atoms in total. The Hall–Kier alpha value is -3.02. The quantitative estimate of drug-likeness (QED) is 0.781. The second-order valence-corrected chi connectivity index (χ2v) is 4.68. The van der Waals surface area contributed by atoms with Gasteiger partial charge in [-0.05, 0) is 35.4 Å². The molecule has 1 aromatic carbocycles. The molecule has 0 bridgehead atoms. The highest BCUT2D eigenvalue weighted by Crippen LogP contribution is 2.35. The number of ether oxygens (including phenoxy) is 2. The Bertz CT molecular complexity index is 869. The van der Waals surface area contributed by atoms with Crippen molar-refractivity contribution >= 4 is 11.6 Å². The number of carboxylic acids is 1. The van der Waals surface area contributed by atoms with Crippen molar-refractivity contribution < 1.29 is 19.4 Å². The van der Waals surface area contributed by atoms with Gasteiger partial charge in [-0.2, -0.15) is 0 Å². The van der Waals surface area contributed by atoms with E-state index in [0.717, 1.165) is 16.9 Å². The number of hydrogen-bond donors (Lipinski definition) is 1. The van der Waals surface area contributed by atoms with Crippen LogP contribution in [-0.2, 0) is 0 Å². The predicted octanol–water partition coefficient (Wildman–Crippen LogP) is 2.43. The minimum Gasteiger partial charge on any atom is -0.476 e. The van der Waals surface area contributed by atoms with Gasteiger partial charge in [0.1, 0.15) is 5.65 Å². The van der Waals surface area contributed by atoms with Gasteiger partial charge >= 0.3 is 5.97 Å². The van der Waals surface area contributed by atoms with E-state index in [1.54, 1.807) is 10.5 Å². The molecule has 2 aromatic heterocycles. The highest BCUT2D eigenvalue weighted by molar-refractivity contribution is 5.86. The maximum atomic E-state index is 10.9. The molecule has 0 unspecified atom stereocenters. The first-order valence-corrected chi connectivity index (χ1v) is 6.33. The summed E-state index contributed by atoms with van der Waals surface area (Å²) in [5.74, 6) is 0.406. The molecule has 1 aliphatic rings. The Labute approximate surface area is 119 Å². The minimum atomic E-state index is -1.04. The van der Waals surface area contributed by atoms with E-state index in [0.29, 0.717) is 11.4 Å². The average Bonchev–Trinajstić information content (AvgIpc) is 3.12. The van der Waals surface area contributed by atoms with Gasteiger partial charge in [0.25, 0.3) is 0 Å². The van der Waals surface area contributed by atoms with E-state index >= 15 is 0 Å². The van der Waals surface area contributed by atoms with E-state index in [-0.39, 0.29) is 12.5 Å². The zero-order valence-corrected chi connectivity index (χ0v) is 10.8. The van der Waals surface area contributed by atoms with Crippen LogP contribution < -0.4 is 9.47 Å². The van der Waals surface area contributed by atoms with E-state index < -0.39 is 5.97 Å². The summed E-state index contributed by atoms with van der Waals surface area (Å²) in [6.45, 7) is 0.237. The third-order valence-electron chi connectivity index (χ3n) is 3.38. The lowest BCUT2D eigenvalue weighted by Crippen LogP contribution is -1.94. The summed E-state index contributed by atoms with van der Waals surface area (Å²) in [5.41, 5.74) is 2.52. The SMILES string of the molecule is O=C(O)c1cn2cc(-c3ccc4c(c3)OCO4)ccc2n1. The number of nitrogens with zero attached hydrogens (tertiary/aromatic N) is 2. The van der Waals surface area contributed by atoms with Gasteiger partial charge in [-0.1, -0.05) is 6.07 Å². The average molecular weight is 282 g/mol. The summed E-state index contributed by atoms with van der Waals surface area (Å²) in [4.78, 5) is 15.0. The fourth-order valence-corrected chi connectivity index (χ4v) is 2.34. The van der Waals surface area contributed by atoms with Crippen LogP contribution in [0.25, 0.3) is 16.8 Å². The van der Waals surface area contributed by atoms with Gasteiger partial charge in [-0.25, -0.2) is 9.78 Å². The number of rotatable bonds is 2. The van der Waals surface area contributed by atoms with Crippen molar-refractivity contribution in [3.05, 3.63) is 48.4 Å².